The number of carboxylic acid groups (broad SMARTS) is 1. The van der Waals surface area contributed by atoms with Gasteiger partial charge in [0.1, 0.15) is 0 Å². The average molecular weight is 219 g/mol. The molecule has 0 aromatic rings. The molecule has 0 saturated heterocycles. The molecule has 0 bridgehead atoms. The van der Waals surface area contributed by atoms with Crippen LogP contribution in [-0.4, -0.2) is 42.6 Å². The summed E-state index contributed by atoms with van der Waals surface area (Å²) in [5, 5.41) is 8.43. The lowest BCUT2D eigenvalue weighted by Crippen LogP contribution is -2.38. The van der Waals surface area contributed by atoms with Crippen molar-refractivity contribution in [2.24, 2.45) is 0 Å². The van der Waals surface area contributed by atoms with Crippen LogP contribution in [0.3, 0.4) is 0 Å². The molecule has 0 amide bonds. The quantitative estimate of drug-likeness (QED) is 0.681. The van der Waals surface area contributed by atoms with Gasteiger partial charge in [-0.05, 0) is 13.3 Å². The molecule has 1 heterocycles. The molecule has 1 N–H and O–H groups in total. The molecular weight excluding hydrogens is 206 g/mol. The zero-order valence-corrected chi connectivity index (χ0v) is 8.75. The summed E-state index contributed by atoms with van der Waals surface area (Å²) in [6, 6.07) is 0. The number of aliphatic carboxylic acids is 1. The standard InChI is InChI=1S/C8H13NO4S/c1-7-3-2-4-9(5-7)14(12,13)6-8(10)11/h3H,2,4-6H2,1H3,(H,10,11). The van der Waals surface area contributed by atoms with Crippen molar-refractivity contribution in [3.8, 4) is 0 Å². The van der Waals surface area contributed by atoms with E-state index in [0.717, 1.165) is 5.57 Å². The molecule has 5 nitrogen and oxygen atoms in total. The lowest BCUT2D eigenvalue weighted by molar-refractivity contribution is -0.134. The first-order chi connectivity index (χ1) is 6.42. The van der Waals surface area contributed by atoms with Crippen molar-refractivity contribution in [2.75, 3.05) is 18.8 Å². The van der Waals surface area contributed by atoms with Gasteiger partial charge in [0.2, 0.25) is 10.0 Å². The van der Waals surface area contributed by atoms with Gasteiger partial charge < -0.3 is 5.11 Å². The highest BCUT2D eigenvalue weighted by molar-refractivity contribution is 7.89. The third-order valence-electron chi connectivity index (χ3n) is 2.00. The maximum Gasteiger partial charge on any atom is 0.320 e. The minimum absolute atomic E-state index is 0.315. The van der Waals surface area contributed by atoms with Crippen LogP contribution in [0.2, 0.25) is 0 Å². The molecule has 0 radical (unpaired) electrons. The highest BCUT2D eigenvalue weighted by atomic mass is 32.2. The Hall–Kier alpha value is -0.880. The van der Waals surface area contributed by atoms with E-state index in [2.05, 4.69) is 0 Å². The van der Waals surface area contributed by atoms with Gasteiger partial charge in [0.05, 0.1) is 0 Å². The molecule has 0 atom stereocenters. The molecule has 0 unspecified atom stereocenters. The Morgan fingerprint density at radius 1 is 1.64 bits per heavy atom. The van der Waals surface area contributed by atoms with E-state index in [1.165, 1.54) is 4.31 Å². The van der Waals surface area contributed by atoms with Gasteiger partial charge in [0, 0.05) is 13.1 Å². The molecule has 1 aliphatic rings. The van der Waals surface area contributed by atoms with Gasteiger partial charge in [-0.2, -0.15) is 4.31 Å². The van der Waals surface area contributed by atoms with Crippen molar-refractivity contribution in [3.63, 3.8) is 0 Å². The summed E-state index contributed by atoms with van der Waals surface area (Å²) < 4.78 is 24.1. The maximum absolute atomic E-state index is 11.5. The fourth-order valence-corrected chi connectivity index (χ4v) is 2.64. The third kappa shape index (κ3) is 2.81. The Bertz CT molecular complexity index is 358. The lowest BCUT2D eigenvalue weighted by atomic mass is 10.2. The molecule has 0 aromatic carbocycles. The molecule has 14 heavy (non-hydrogen) atoms. The summed E-state index contributed by atoms with van der Waals surface area (Å²) in [6.07, 6.45) is 2.62. The van der Waals surface area contributed by atoms with Crippen LogP contribution in [-0.2, 0) is 14.8 Å². The second-order valence-corrected chi connectivity index (χ2v) is 5.29. The number of hydrogen-bond donors (Lipinski definition) is 1. The number of carbonyl (C=O) groups is 1. The number of hydrogen-bond acceptors (Lipinski definition) is 3. The molecule has 0 saturated carbocycles. The largest absolute Gasteiger partial charge is 0.480 e. The monoisotopic (exact) mass is 219 g/mol. The van der Waals surface area contributed by atoms with Crippen LogP contribution >= 0.6 is 0 Å². The predicted octanol–water partition coefficient (Wildman–Crippen LogP) is 0.0528. The first-order valence-corrected chi connectivity index (χ1v) is 5.88. The van der Waals surface area contributed by atoms with E-state index in [1.54, 1.807) is 0 Å². The second kappa shape index (κ2) is 4.10. The van der Waals surface area contributed by atoms with Gasteiger partial charge in [-0.25, -0.2) is 8.42 Å². The molecule has 80 valence electrons. The van der Waals surface area contributed by atoms with Crippen molar-refractivity contribution >= 4 is 16.0 Å². The van der Waals surface area contributed by atoms with E-state index in [1.807, 2.05) is 13.0 Å². The summed E-state index contributed by atoms with van der Waals surface area (Å²) >= 11 is 0. The van der Waals surface area contributed by atoms with Crippen LogP contribution in [0.25, 0.3) is 0 Å². The first-order valence-electron chi connectivity index (χ1n) is 4.27. The molecule has 0 spiro atoms. The third-order valence-corrected chi connectivity index (χ3v) is 3.71. The van der Waals surface area contributed by atoms with E-state index >= 15 is 0 Å². The Balaban J connectivity index is 2.74. The fourth-order valence-electron chi connectivity index (χ4n) is 1.36. The minimum Gasteiger partial charge on any atom is -0.480 e. The molecule has 6 heteroatoms. The van der Waals surface area contributed by atoms with Crippen LogP contribution in [0.15, 0.2) is 11.6 Å². The second-order valence-electron chi connectivity index (χ2n) is 3.32. The zero-order valence-electron chi connectivity index (χ0n) is 7.93. The van der Waals surface area contributed by atoms with Crippen LogP contribution in [0.5, 0.6) is 0 Å². The normalized spacial score (nSPS) is 19.1. The molecular formula is C8H13NO4S. The maximum atomic E-state index is 11.5. The highest BCUT2D eigenvalue weighted by Crippen LogP contribution is 2.13. The van der Waals surface area contributed by atoms with Gasteiger partial charge in [0.15, 0.2) is 5.75 Å². The topological polar surface area (TPSA) is 74.7 Å². The van der Waals surface area contributed by atoms with E-state index in [-0.39, 0.29) is 0 Å². The SMILES string of the molecule is CC1=CCCN(S(=O)(=O)CC(=O)O)C1. The highest BCUT2D eigenvalue weighted by Gasteiger charge is 2.26. The summed E-state index contributed by atoms with van der Waals surface area (Å²) in [5.41, 5.74) is 0.963. The summed E-state index contributed by atoms with van der Waals surface area (Å²) in [4.78, 5) is 10.3. The van der Waals surface area contributed by atoms with Crippen LogP contribution in [0, 0.1) is 0 Å². The van der Waals surface area contributed by atoms with E-state index in [4.69, 9.17) is 5.11 Å². The summed E-state index contributed by atoms with van der Waals surface area (Å²) in [6.45, 7) is 2.53. The Morgan fingerprint density at radius 2 is 2.29 bits per heavy atom. The number of sulfonamides is 1. The summed E-state index contributed by atoms with van der Waals surface area (Å²) in [5.74, 6) is -2.13. The predicted molar refractivity (Wildman–Crippen MR) is 51.4 cm³/mol. The minimum atomic E-state index is -3.62. The van der Waals surface area contributed by atoms with Crippen molar-refractivity contribution in [3.05, 3.63) is 11.6 Å². The van der Waals surface area contributed by atoms with E-state index < -0.39 is 21.7 Å². The lowest BCUT2D eigenvalue weighted by Gasteiger charge is -2.24. The molecule has 0 aliphatic carbocycles. The number of rotatable bonds is 3. The average Bonchev–Trinajstić information content (AvgIpc) is 2.01. The van der Waals surface area contributed by atoms with Gasteiger partial charge >= 0.3 is 5.97 Å². The van der Waals surface area contributed by atoms with Crippen molar-refractivity contribution in [1.29, 1.82) is 0 Å². The Labute approximate surface area is 83.1 Å². The van der Waals surface area contributed by atoms with Crippen LogP contribution in [0.4, 0.5) is 0 Å². The number of nitrogens with zero attached hydrogens (tertiary/aromatic N) is 1. The molecule has 1 rings (SSSR count). The first kappa shape index (κ1) is 11.2. The summed E-state index contributed by atoms with van der Waals surface area (Å²) in [7, 11) is -3.62. The molecule has 0 aromatic heterocycles. The van der Waals surface area contributed by atoms with E-state index in [0.29, 0.717) is 19.5 Å². The van der Waals surface area contributed by atoms with Crippen molar-refractivity contribution in [1.82, 2.24) is 4.31 Å². The van der Waals surface area contributed by atoms with Gasteiger partial charge in [-0.1, -0.05) is 11.6 Å². The number of carboxylic acids is 1. The van der Waals surface area contributed by atoms with E-state index in [9.17, 15) is 13.2 Å². The Kier molecular flexibility index (Phi) is 3.28. The molecule has 0 fully saturated rings. The zero-order chi connectivity index (χ0) is 10.8. The van der Waals surface area contributed by atoms with Gasteiger partial charge in [-0.15, -0.1) is 0 Å². The Morgan fingerprint density at radius 3 is 2.79 bits per heavy atom. The van der Waals surface area contributed by atoms with Crippen molar-refractivity contribution in [2.45, 2.75) is 13.3 Å². The van der Waals surface area contributed by atoms with Gasteiger partial charge in [-0.3, -0.25) is 4.79 Å². The van der Waals surface area contributed by atoms with Crippen LogP contribution in [0.1, 0.15) is 13.3 Å². The van der Waals surface area contributed by atoms with Crippen LogP contribution < -0.4 is 0 Å². The fraction of sp³-hybridized carbons (Fsp3) is 0.625. The smallest absolute Gasteiger partial charge is 0.320 e. The van der Waals surface area contributed by atoms with Gasteiger partial charge in [0.25, 0.3) is 0 Å². The van der Waals surface area contributed by atoms with Crippen molar-refractivity contribution < 1.29 is 18.3 Å². The molecule has 1 aliphatic heterocycles.